The van der Waals surface area contributed by atoms with Crippen LogP contribution in [0.4, 0.5) is 11.4 Å². The summed E-state index contributed by atoms with van der Waals surface area (Å²) in [7, 11) is 1.52. The number of nitrogens with one attached hydrogen (secondary N) is 1. The molecular formula is C20H13IN2O5. The summed E-state index contributed by atoms with van der Waals surface area (Å²) in [6.07, 6.45) is 0. The van der Waals surface area contributed by atoms with Crippen molar-refractivity contribution >= 4 is 61.8 Å². The van der Waals surface area contributed by atoms with E-state index in [4.69, 9.17) is 9.15 Å². The molecule has 1 heterocycles. The molecule has 0 aliphatic rings. The fourth-order valence-corrected chi connectivity index (χ4v) is 3.75. The molecule has 1 N–H and O–H groups in total. The van der Waals surface area contributed by atoms with Gasteiger partial charge >= 0.3 is 0 Å². The van der Waals surface area contributed by atoms with Crippen molar-refractivity contribution in [2.75, 3.05) is 12.4 Å². The Balaban J connectivity index is 1.73. The average molecular weight is 488 g/mol. The second kappa shape index (κ2) is 7.12. The van der Waals surface area contributed by atoms with E-state index in [1.807, 2.05) is 52.9 Å². The third-order valence-electron chi connectivity index (χ3n) is 4.36. The van der Waals surface area contributed by atoms with E-state index in [0.717, 1.165) is 16.4 Å². The highest BCUT2D eigenvalue weighted by molar-refractivity contribution is 14.1. The first kappa shape index (κ1) is 18.2. The topological polar surface area (TPSA) is 94.6 Å². The van der Waals surface area contributed by atoms with Crippen LogP contribution in [0.3, 0.4) is 0 Å². The molecule has 8 heteroatoms. The largest absolute Gasteiger partial charge is 0.495 e. The second-order valence-electron chi connectivity index (χ2n) is 6.02. The number of methoxy groups -OCH3 is 1. The Hall–Kier alpha value is -3.14. The minimum absolute atomic E-state index is 0.0674. The fourth-order valence-electron chi connectivity index (χ4n) is 3.01. The van der Waals surface area contributed by atoms with Crippen LogP contribution in [0, 0.1) is 13.7 Å². The van der Waals surface area contributed by atoms with Crippen LogP contribution in [0.15, 0.2) is 59.0 Å². The van der Waals surface area contributed by atoms with Crippen molar-refractivity contribution in [2.24, 2.45) is 0 Å². The number of hydrogen-bond acceptors (Lipinski definition) is 5. The van der Waals surface area contributed by atoms with Crippen LogP contribution < -0.4 is 10.1 Å². The van der Waals surface area contributed by atoms with Gasteiger partial charge in [-0.25, -0.2) is 0 Å². The number of fused-ring (bicyclic) bond motifs is 3. The molecule has 0 spiro atoms. The van der Waals surface area contributed by atoms with Gasteiger partial charge in [0.1, 0.15) is 16.9 Å². The molecule has 0 atom stereocenters. The Morgan fingerprint density at radius 3 is 2.61 bits per heavy atom. The molecule has 0 aliphatic carbocycles. The van der Waals surface area contributed by atoms with Gasteiger partial charge in [-0.1, -0.05) is 18.2 Å². The number of rotatable bonds is 4. The number of para-hydroxylation sites is 1. The Kier molecular flexibility index (Phi) is 4.63. The summed E-state index contributed by atoms with van der Waals surface area (Å²) >= 11 is 1.90. The number of hydrogen-bond donors (Lipinski definition) is 1. The maximum Gasteiger partial charge on any atom is 0.270 e. The van der Waals surface area contributed by atoms with Gasteiger partial charge in [0, 0.05) is 32.5 Å². The monoisotopic (exact) mass is 488 g/mol. The predicted octanol–water partition coefficient (Wildman–Crippen LogP) is 5.36. The summed E-state index contributed by atoms with van der Waals surface area (Å²) in [5.41, 5.74) is 2.08. The Bertz CT molecular complexity index is 1250. The van der Waals surface area contributed by atoms with Crippen molar-refractivity contribution in [2.45, 2.75) is 0 Å². The highest BCUT2D eigenvalue weighted by Gasteiger charge is 2.18. The lowest BCUT2D eigenvalue weighted by Gasteiger charge is -2.11. The zero-order chi connectivity index (χ0) is 19.8. The first-order valence-corrected chi connectivity index (χ1v) is 9.30. The highest BCUT2D eigenvalue weighted by Crippen LogP contribution is 2.36. The number of halogens is 1. The van der Waals surface area contributed by atoms with Crippen LogP contribution in [-0.4, -0.2) is 17.9 Å². The zero-order valence-electron chi connectivity index (χ0n) is 14.6. The standard InChI is InChI=1S/C20H13IN2O5/c1-27-19-9-14-12-4-2-3-5-17(12)28-18(14)10-16(19)22-20(24)13-7-6-11(23(25)26)8-15(13)21/h2-10H,1H3,(H,22,24). The number of anilines is 1. The number of benzene rings is 3. The molecule has 3 aromatic carbocycles. The van der Waals surface area contributed by atoms with Gasteiger partial charge in [-0.05, 0) is 40.8 Å². The third kappa shape index (κ3) is 3.15. The van der Waals surface area contributed by atoms with E-state index in [9.17, 15) is 14.9 Å². The molecule has 1 aromatic heterocycles. The Morgan fingerprint density at radius 1 is 1.11 bits per heavy atom. The minimum atomic E-state index is -0.498. The van der Waals surface area contributed by atoms with Gasteiger partial charge in [-0.2, -0.15) is 0 Å². The number of amides is 1. The molecule has 4 aromatic rings. The van der Waals surface area contributed by atoms with Crippen molar-refractivity contribution in [1.29, 1.82) is 0 Å². The van der Waals surface area contributed by atoms with Crippen molar-refractivity contribution in [3.8, 4) is 5.75 Å². The van der Waals surface area contributed by atoms with E-state index >= 15 is 0 Å². The van der Waals surface area contributed by atoms with Crippen molar-refractivity contribution in [1.82, 2.24) is 0 Å². The van der Waals surface area contributed by atoms with Crippen LogP contribution >= 0.6 is 22.6 Å². The van der Waals surface area contributed by atoms with Gasteiger partial charge in [0.05, 0.1) is 23.3 Å². The molecule has 140 valence electrons. The number of nitro benzene ring substituents is 1. The smallest absolute Gasteiger partial charge is 0.270 e. The summed E-state index contributed by atoms with van der Waals surface area (Å²) in [6.45, 7) is 0. The van der Waals surface area contributed by atoms with Gasteiger partial charge in [0.2, 0.25) is 0 Å². The van der Waals surface area contributed by atoms with Crippen LogP contribution in [0.5, 0.6) is 5.75 Å². The molecule has 0 unspecified atom stereocenters. The van der Waals surface area contributed by atoms with Crippen LogP contribution in [0.1, 0.15) is 10.4 Å². The van der Waals surface area contributed by atoms with Crippen molar-refractivity contribution < 1.29 is 18.9 Å². The van der Waals surface area contributed by atoms with E-state index < -0.39 is 10.8 Å². The first-order valence-electron chi connectivity index (χ1n) is 8.22. The van der Waals surface area contributed by atoms with Crippen LogP contribution in [-0.2, 0) is 0 Å². The average Bonchev–Trinajstić information content (AvgIpc) is 3.04. The number of carbonyl (C=O) groups excluding carboxylic acids is 1. The van der Waals surface area contributed by atoms with Crippen molar-refractivity contribution in [3.05, 3.63) is 73.8 Å². The molecule has 7 nitrogen and oxygen atoms in total. The Labute approximate surface area is 172 Å². The van der Waals surface area contributed by atoms with E-state index in [1.165, 1.54) is 25.3 Å². The van der Waals surface area contributed by atoms with Crippen LogP contribution in [0.2, 0.25) is 0 Å². The number of carbonyl (C=O) groups is 1. The quantitative estimate of drug-likeness (QED) is 0.237. The highest BCUT2D eigenvalue weighted by atomic mass is 127. The predicted molar refractivity (Wildman–Crippen MR) is 114 cm³/mol. The molecule has 1 amide bonds. The van der Waals surface area contributed by atoms with Gasteiger partial charge in [0.25, 0.3) is 11.6 Å². The SMILES string of the molecule is COc1cc2c(cc1NC(=O)c1ccc([N+](=O)[O-])cc1I)oc1ccccc12. The molecule has 0 radical (unpaired) electrons. The summed E-state index contributed by atoms with van der Waals surface area (Å²) in [5.74, 6) is 0.0948. The van der Waals surface area contributed by atoms with Gasteiger partial charge in [0.15, 0.2) is 0 Å². The number of non-ortho nitro benzene ring substituents is 1. The lowest BCUT2D eigenvalue weighted by atomic mass is 10.1. The second-order valence-corrected chi connectivity index (χ2v) is 7.18. The summed E-state index contributed by atoms with van der Waals surface area (Å²) in [4.78, 5) is 23.1. The number of nitro groups is 1. The zero-order valence-corrected chi connectivity index (χ0v) is 16.7. The van der Waals surface area contributed by atoms with E-state index in [0.29, 0.717) is 26.2 Å². The lowest BCUT2D eigenvalue weighted by molar-refractivity contribution is -0.384. The summed E-state index contributed by atoms with van der Waals surface area (Å²) < 4.78 is 11.8. The molecule has 4 rings (SSSR count). The fraction of sp³-hybridized carbons (Fsp3) is 0.0500. The summed E-state index contributed by atoms with van der Waals surface area (Å²) in [5, 5.41) is 15.5. The van der Waals surface area contributed by atoms with Crippen LogP contribution in [0.25, 0.3) is 21.9 Å². The number of nitrogens with zero attached hydrogens (tertiary/aromatic N) is 1. The Morgan fingerprint density at radius 2 is 1.89 bits per heavy atom. The summed E-state index contributed by atoms with van der Waals surface area (Å²) in [6, 6.07) is 15.3. The van der Waals surface area contributed by atoms with E-state index in [2.05, 4.69) is 5.32 Å². The number of furan rings is 1. The molecule has 0 aliphatic heterocycles. The normalized spacial score (nSPS) is 10.9. The van der Waals surface area contributed by atoms with E-state index in [-0.39, 0.29) is 5.69 Å². The molecule has 0 saturated heterocycles. The van der Waals surface area contributed by atoms with Gasteiger partial charge in [-0.3, -0.25) is 14.9 Å². The molecule has 0 bridgehead atoms. The van der Waals surface area contributed by atoms with Gasteiger partial charge < -0.3 is 14.5 Å². The molecule has 0 fully saturated rings. The maximum atomic E-state index is 12.7. The molecule has 0 saturated carbocycles. The molecular weight excluding hydrogens is 475 g/mol. The third-order valence-corrected chi connectivity index (χ3v) is 5.25. The number of ether oxygens (including phenoxy) is 1. The maximum absolute atomic E-state index is 12.7. The van der Waals surface area contributed by atoms with E-state index in [1.54, 1.807) is 6.07 Å². The molecule has 28 heavy (non-hydrogen) atoms. The first-order chi connectivity index (χ1) is 13.5. The van der Waals surface area contributed by atoms with Gasteiger partial charge in [-0.15, -0.1) is 0 Å². The minimum Gasteiger partial charge on any atom is -0.495 e. The lowest BCUT2D eigenvalue weighted by Crippen LogP contribution is -2.14. The van der Waals surface area contributed by atoms with Crippen molar-refractivity contribution in [3.63, 3.8) is 0 Å².